The molecule has 1 N–H and O–H groups in total. The van der Waals surface area contributed by atoms with Gasteiger partial charge in [0.15, 0.2) is 0 Å². The van der Waals surface area contributed by atoms with Gasteiger partial charge in [-0.15, -0.1) is 11.3 Å². The zero-order valence-electron chi connectivity index (χ0n) is 21.0. The minimum Gasteiger partial charge on any atom is -0.496 e. The van der Waals surface area contributed by atoms with Crippen LogP contribution >= 0.6 is 45.5 Å². The molecular weight excluding hydrogens is 615 g/mol. The van der Waals surface area contributed by atoms with Gasteiger partial charge >= 0.3 is 0 Å². The highest BCUT2D eigenvalue weighted by molar-refractivity contribution is 14.1. The van der Waals surface area contributed by atoms with Crippen molar-refractivity contribution in [3.8, 4) is 16.9 Å². The molecule has 4 nitrogen and oxygen atoms in total. The minimum atomic E-state index is 0.109. The van der Waals surface area contributed by atoms with Crippen LogP contribution in [0.2, 0.25) is 5.02 Å². The van der Waals surface area contributed by atoms with E-state index in [2.05, 4.69) is 57.1 Å². The largest absolute Gasteiger partial charge is 0.496 e. The summed E-state index contributed by atoms with van der Waals surface area (Å²) in [6, 6.07) is 23.0. The van der Waals surface area contributed by atoms with Gasteiger partial charge in [0.05, 0.1) is 7.11 Å². The van der Waals surface area contributed by atoms with Crippen molar-refractivity contribution in [1.29, 1.82) is 0 Å². The van der Waals surface area contributed by atoms with Crippen LogP contribution in [0.15, 0.2) is 66.7 Å². The Hall–Kier alpha value is -2.13. The van der Waals surface area contributed by atoms with Gasteiger partial charge in [0.25, 0.3) is 5.91 Å². The first-order valence-electron chi connectivity index (χ1n) is 12.6. The molecule has 4 aromatic rings. The number of thiophene rings is 1. The summed E-state index contributed by atoms with van der Waals surface area (Å²) in [5.74, 6) is 0.905. The highest BCUT2D eigenvalue weighted by atomic mass is 127. The average Bonchev–Trinajstić information content (AvgIpc) is 3.28. The number of methoxy groups -OCH3 is 1. The first kappa shape index (κ1) is 26.5. The van der Waals surface area contributed by atoms with Gasteiger partial charge in [-0.3, -0.25) is 4.79 Å². The first-order chi connectivity index (χ1) is 18.0. The Morgan fingerprint density at radius 2 is 1.76 bits per heavy atom. The molecule has 0 spiro atoms. The zero-order chi connectivity index (χ0) is 25.9. The Kier molecular flexibility index (Phi) is 8.39. The number of amides is 1. The average molecular weight is 645 g/mol. The molecular formula is C30H30ClIN2O2S. The summed E-state index contributed by atoms with van der Waals surface area (Å²) in [6.45, 7) is 0.503. The van der Waals surface area contributed by atoms with Crippen LogP contribution < -0.4 is 10.1 Å². The summed E-state index contributed by atoms with van der Waals surface area (Å²) in [4.78, 5) is 17.2. The number of halogens is 2. The highest BCUT2D eigenvalue weighted by Crippen LogP contribution is 2.36. The number of hydrogen-bond donors (Lipinski definition) is 1. The molecule has 1 amide bonds. The van der Waals surface area contributed by atoms with Crippen LogP contribution in [-0.4, -0.2) is 37.0 Å². The fourth-order valence-corrected chi connectivity index (χ4v) is 7.62. The van der Waals surface area contributed by atoms with Gasteiger partial charge in [-0.1, -0.05) is 48.0 Å². The molecule has 37 heavy (non-hydrogen) atoms. The second-order valence-corrected chi connectivity index (χ2v) is 12.1. The lowest BCUT2D eigenvalue weighted by Crippen LogP contribution is -2.44. The molecule has 7 heteroatoms. The first-order valence-corrected chi connectivity index (χ1v) is 14.8. The van der Waals surface area contributed by atoms with Gasteiger partial charge in [-0.25, -0.2) is 0 Å². The van der Waals surface area contributed by atoms with E-state index in [0.717, 1.165) is 66.7 Å². The number of benzene rings is 3. The van der Waals surface area contributed by atoms with E-state index in [0.29, 0.717) is 17.6 Å². The molecule has 0 bridgehead atoms. The van der Waals surface area contributed by atoms with Crippen molar-refractivity contribution >= 4 is 61.5 Å². The molecule has 1 aromatic heterocycles. The Balaban J connectivity index is 1.52. The lowest BCUT2D eigenvalue weighted by molar-refractivity contribution is 0.0603. The third-order valence-electron chi connectivity index (χ3n) is 7.33. The van der Waals surface area contributed by atoms with Crippen LogP contribution in [-0.2, 0) is 6.54 Å². The summed E-state index contributed by atoms with van der Waals surface area (Å²) < 4.78 is 7.96. The number of carbonyl (C=O) groups excluding carboxylic acids is 1. The van der Waals surface area contributed by atoms with Crippen LogP contribution in [0.1, 0.15) is 40.9 Å². The van der Waals surface area contributed by atoms with Gasteiger partial charge in [-0.2, -0.15) is 0 Å². The van der Waals surface area contributed by atoms with Gasteiger partial charge in [-0.05, 0) is 96.8 Å². The van der Waals surface area contributed by atoms with E-state index in [1.807, 2.05) is 49.5 Å². The van der Waals surface area contributed by atoms with Gasteiger partial charge < -0.3 is 15.0 Å². The molecule has 1 fully saturated rings. The molecule has 192 valence electrons. The fraction of sp³-hybridized carbons (Fsp3) is 0.300. The van der Waals surface area contributed by atoms with Crippen molar-refractivity contribution in [2.24, 2.45) is 0 Å². The number of nitrogens with one attached hydrogen (secondary N) is 1. The van der Waals surface area contributed by atoms with E-state index < -0.39 is 0 Å². The number of carbonyl (C=O) groups is 1. The van der Waals surface area contributed by atoms with Crippen molar-refractivity contribution in [3.63, 3.8) is 0 Å². The van der Waals surface area contributed by atoms with E-state index in [1.54, 1.807) is 18.4 Å². The van der Waals surface area contributed by atoms with E-state index in [1.165, 1.54) is 0 Å². The number of nitrogens with zero attached hydrogens (tertiary/aromatic N) is 1. The molecule has 1 aliphatic carbocycles. The number of rotatable bonds is 7. The van der Waals surface area contributed by atoms with Crippen molar-refractivity contribution in [2.75, 3.05) is 14.2 Å². The summed E-state index contributed by atoms with van der Waals surface area (Å²) in [6.07, 6.45) is 4.10. The van der Waals surface area contributed by atoms with E-state index in [-0.39, 0.29) is 11.9 Å². The Morgan fingerprint density at radius 1 is 1.05 bits per heavy atom. The second kappa shape index (κ2) is 11.7. The van der Waals surface area contributed by atoms with Crippen LogP contribution in [0.4, 0.5) is 0 Å². The minimum absolute atomic E-state index is 0.109. The lowest BCUT2D eigenvalue weighted by atomic mass is 9.89. The third kappa shape index (κ3) is 5.67. The standard InChI is InChI=1S/C30H30ClIN2O2S/c1-33-23-12-14-24(15-13-23)34(30(35)29-28(32)25-5-3-4-6-27(25)37-29)18-21-17-20(9-16-26(21)36-2)19-7-10-22(31)11-8-19/h3-11,16-17,23-24,33H,12-15,18H2,1-2H3/t23-,24-. The summed E-state index contributed by atoms with van der Waals surface area (Å²) in [5.41, 5.74) is 3.17. The third-order valence-corrected chi connectivity index (χ3v) is 10.2. The topological polar surface area (TPSA) is 41.6 Å². The van der Waals surface area contributed by atoms with Crippen LogP contribution in [0.5, 0.6) is 5.75 Å². The molecule has 3 aromatic carbocycles. The normalized spacial score (nSPS) is 17.6. The molecule has 1 aliphatic rings. The summed E-state index contributed by atoms with van der Waals surface area (Å²) in [7, 11) is 3.72. The Morgan fingerprint density at radius 3 is 2.43 bits per heavy atom. The highest BCUT2D eigenvalue weighted by Gasteiger charge is 2.32. The molecule has 0 radical (unpaired) electrons. The molecule has 1 heterocycles. The van der Waals surface area contributed by atoms with Crippen LogP contribution in [0.25, 0.3) is 21.2 Å². The quantitative estimate of drug-likeness (QED) is 0.207. The van der Waals surface area contributed by atoms with Gasteiger partial charge in [0, 0.05) is 42.9 Å². The number of fused-ring (bicyclic) bond motifs is 1. The predicted octanol–water partition coefficient (Wildman–Crippen LogP) is 8.01. The van der Waals surface area contributed by atoms with Crippen LogP contribution in [0, 0.1) is 3.57 Å². The predicted molar refractivity (Wildman–Crippen MR) is 163 cm³/mol. The lowest BCUT2D eigenvalue weighted by Gasteiger charge is -2.37. The van der Waals surface area contributed by atoms with Gasteiger partial charge in [0.2, 0.25) is 0 Å². The monoisotopic (exact) mass is 644 g/mol. The van der Waals surface area contributed by atoms with Crippen LogP contribution in [0.3, 0.4) is 0 Å². The van der Waals surface area contributed by atoms with E-state index in [9.17, 15) is 4.79 Å². The SMILES string of the molecule is CN[C@H]1CC[C@H](N(Cc2cc(-c3ccc(Cl)cc3)ccc2OC)C(=O)c2sc3ccccc3c2I)CC1. The van der Waals surface area contributed by atoms with E-state index in [4.69, 9.17) is 16.3 Å². The summed E-state index contributed by atoms with van der Waals surface area (Å²) in [5, 5.41) is 5.28. The Bertz CT molecular complexity index is 1400. The molecule has 1 saturated carbocycles. The summed E-state index contributed by atoms with van der Waals surface area (Å²) >= 11 is 10.1. The molecule has 0 saturated heterocycles. The van der Waals surface area contributed by atoms with Crippen molar-refractivity contribution in [1.82, 2.24) is 10.2 Å². The van der Waals surface area contributed by atoms with Crippen molar-refractivity contribution in [3.05, 3.63) is 85.8 Å². The molecule has 5 rings (SSSR count). The number of ether oxygens (including phenoxy) is 1. The maximum Gasteiger partial charge on any atom is 0.265 e. The molecule has 0 atom stereocenters. The van der Waals surface area contributed by atoms with Crippen molar-refractivity contribution < 1.29 is 9.53 Å². The number of hydrogen-bond acceptors (Lipinski definition) is 4. The van der Waals surface area contributed by atoms with Crippen molar-refractivity contribution in [2.45, 2.75) is 44.3 Å². The van der Waals surface area contributed by atoms with Gasteiger partial charge in [0.1, 0.15) is 10.6 Å². The second-order valence-electron chi connectivity index (χ2n) is 9.50. The maximum atomic E-state index is 14.2. The molecule has 0 aliphatic heterocycles. The smallest absolute Gasteiger partial charge is 0.265 e. The van der Waals surface area contributed by atoms with E-state index >= 15 is 0 Å². The Labute approximate surface area is 241 Å². The fourth-order valence-electron chi connectivity index (χ4n) is 5.23. The maximum absolute atomic E-state index is 14.2. The molecule has 0 unspecified atom stereocenters. The zero-order valence-corrected chi connectivity index (χ0v) is 24.7.